The lowest BCUT2D eigenvalue weighted by molar-refractivity contribution is -0.123. The lowest BCUT2D eigenvalue weighted by atomic mass is 10.1. The zero-order chi connectivity index (χ0) is 20.3. The molecule has 2 aromatic carbocycles. The van der Waals surface area contributed by atoms with Crippen LogP contribution in [0.5, 0.6) is 11.5 Å². The molecule has 3 rings (SSSR count). The van der Waals surface area contributed by atoms with Gasteiger partial charge in [-0.2, -0.15) is 0 Å². The molecule has 0 N–H and O–H groups in total. The number of benzene rings is 2. The van der Waals surface area contributed by atoms with Crippen molar-refractivity contribution in [1.29, 1.82) is 0 Å². The number of thioether (sulfide) groups is 1. The van der Waals surface area contributed by atoms with Gasteiger partial charge in [-0.3, -0.25) is 14.5 Å². The third kappa shape index (κ3) is 4.31. The summed E-state index contributed by atoms with van der Waals surface area (Å²) in [4.78, 5) is 26.3. The first-order valence-electron chi connectivity index (χ1n) is 8.43. The normalized spacial score (nSPS) is 15.4. The van der Waals surface area contributed by atoms with E-state index in [0.717, 1.165) is 22.7 Å². The van der Waals surface area contributed by atoms with Crippen LogP contribution in [-0.4, -0.2) is 29.8 Å². The molecule has 5 nitrogen and oxygen atoms in total. The zero-order valence-corrected chi connectivity index (χ0v) is 16.8. The summed E-state index contributed by atoms with van der Waals surface area (Å²) in [5.74, 6) is 0.226. The van der Waals surface area contributed by atoms with Crippen LogP contribution in [0.25, 0.3) is 6.08 Å². The van der Waals surface area contributed by atoms with E-state index in [1.165, 1.54) is 19.2 Å². The van der Waals surface area contributed by atoms with Crippen LogP contribution in [0.2, 0.25) is 5.02 Å². The highest BCUT2D eigenvalue weighted by Crippen LogP contribution is 2.36. The van der Waals surface area contributed by atoms with Crippen LogP contribution in [-0.2, 0) is 11.3 Å². The average Bonchev–Trinajstić information content (AvgIpc) is 2.92. The van der Waals surface area contributed by atoms with Crippen molar-refractivity contribution in [3.63, 3.8) is 0 Å². The molecule has 8 heteroatoms. The molecule has 0 aromatic heterocycles. The monoisotopic (exact) mass is 421 g/mol. The maximum atomic E-state index is 13.2. The minimum atomic E-state index is -0.479. The maximum Gasteiger partial charge on any atom is 0.293 e. The lowest BCUT2D eigenvalue weighted by Gasteiger charge is -2.13. The second-order valence-corrected chi connectivity index (χ2v) is 7.25. The average molecular weight is 422 g/mol. The fourth-order valence-corrected chi connectivity index (χ4v) is 3.72. The first-order chi connectivity index (χ1) is 13.4. The molecule has 0 bridgehead atoms. The minimum absolute atomic E-state index is 0.0201. The Hall–Kier alpha value is -2.51. The SMILES string of the molecule is CCOc1ccc(/C=C2/SC(=O)N(Cc3ccc(F)cc3Cl)C2=O)cc1OC. The predicted octanol–water partition coefficient (Wildman–Crippen LogP) is 5.12. The summed E-state index contributed by atoms with van der Waals surface area (Å²) in [5, 5.41) is -0.242. The number of hydrogen-bond acceptors (Lipinski definition) is 5. The molecule has 2 amide bonds. The Morgan fingerprint density at radius 1 is 1.18 bits per heavy atom. The van der Waals surface area contributed by atoms with Crippen molar-refractivity contribution in [3.8, 4) is 11.5 Å². The molecule has 1 aliphatic rings. The topological polar surface area (TPSA) is 55.8 Å². The Bertz CT molecular complexity index is 963. The molecule has 28 heavy (non-hydrogen) atoms. The number of rotatable bonds is 6. The van der Waals surface area contributed by atoms with Crippen LogP contribution < -0.4 is 9.47 Å². The van der Waals surface area contributed by atoms with E-state index in [0.29, 0.717) is 29.2 Å². The molecule has 1 fully saturated rings. The molecule has 146 valence electrons. The molecule has 0 aliphatic carbocycles. The van der Waals surface area contributed by atoms with E-state index < -0.39 is 17.0 Å². The lowest BCUT2D eigenvalue weighted by Crippen LogP contribution is -2.27. The molecule has 1 heterocycles. The summed E-state index contributed by atoms with van der Waals surface area (Å²) in [6.45, 7) is 2.35. The molecule has 1 aliphatic heterocycles. The fourth-order valence-electron chi connectivity index (χ4n) is 2.66. The highest BCUT2D eigenvalue weighted by molar-refractivity contribution is 8.18. The van der Waals surface area contributed by atoms with Gasteiger partial charge < -0.3 is 9.47 Å². The quantitative estimate of drug-likeness (QED) is 0.606. The summed E-state index contributed by atoms with van der Waals surface area (Å²) in [6.07, 6.45) is 1.62. The van der Waals surface area contributed by atoms with Gasteiger partial charge in [0.1, 0.15) is 5.82 Å². The van der Waals surface area contributed by atoms with E-state index in [4.69, 9.17) is 21.1 Å². The van der Waals surface area contributed by atoms with Crippen LogP contribution in [0.3, 0.4) is 0 Å². The van der Waals surface area contributed by atoms with Crippen molar-refractivity contribution in [2.45, 2.75) is 13.5 Å². The number of nitrogens with zero attached hydrogens (tertiary/aromatic N) is 1. The van der Waals surface area contributed by atoms with Crippen molar-refractivity contribution in [2.75, 3.05) is 13.7 Å². The Balaban J connectivity index is 1.83. The molecular weight excluding hydrogens is 405 g/mol. The van der Waals surface area contributed by atoms with Crippen molar-refractivity contribution < 1.29 is 23.5 Å². The van der Waals surface area contributed by atoms with Gasteiger partial charge in [-0.15, -0.1) is 0 Å². The molecule has 1 saturated heterocycles. The molecule has 0 radical (unpaired) electrons. The molecule has 0 saturated carbocycles. The van der Waals surface area contributed by atoms with Crippen molar-refractivity contribution in [1.82, 2.24) is 4.90 Å². The first kappa shape index (κ1) is 20.2. The number of hydrogen-bond donors (Lipinski definition) is 0. The summed E-state index contributed by atoms with van der Waals surface area (Å²) in [5.41, 5.74) is 1.19. The number of imide groups is 1. The Labute approximate surface area is 171 Å². The van der Waals surface area contributed by atoms with Crippen LogP contribution in [0, 0.1) is 5.82 Å². The van der Waals surface area contributed by atoms with Crippen LogP contribution in [0.15, 0.2) is 41.3 Å². The van der Waals surface area contributed by atoms with Crippen LogP contribution in [0.4, 0.5) is 9.18 Å². The van der Waals surface area contributed by atoms with Crippen LogP contribution >= 0.6 is 23.4 Å². The summed E-state index contributed by atoms with van der Waals surface area (Å²) < 4.78 is 24.0. The van der Waals surface area contributed by atoms with Crippen molar-refractivity contribution in [3.05, 3.63) is 63.3 Å². The molecule has 0 spiro atoms. The van der Waals surface area contributed by atoms with Gasteiger partial charge in [0.05, 0.1) is 25.2 Å². The Kier molecular flexibility index (Phi) is 6.26. The summed E-state index contributed by atoms with van der Waals surface area (Å²) in [6, 6.07) is 9.10. The largest absolute Gasteiger partial charge is 0.493 e. The minimum Gasteiger partial charge on any atom is -0.493 e. The van der Waals surface area contributed by atoms with Crippen LogP contribution in [0.1, 0.15) is 18.1 Å². The highest BCUT2D eigenvalue weighted by Gasteiger charge is 2.35. The third-order valence-corrected chi connectivity index (χ3v) is 5.26. The van der Waals surface area contributed by atoms with E-state index >= 15 is 0 Å². The number of halogens is 2. The number of methoxy groups -OCH3 is 1. The van der Waals surface area contributed by atoms with E-state index in [2.05, 4.69) is 0 Å². The predicted molar refractivity (Wildman–Crippen MR) is 107 cm³/mol. The van der Waals surface area contributed by atoms with E-state index in [1.54, 1.807) is 24.3 Å². The summed E-state index contributed by atoms with van der Waals surface area (Å²) >= 11 is 6.85. The highest BCUT2D eigenvalue weighted by atomic mass is 35.5. The molecule has 0 unspecified atom stereocenters. The van der Waals surface area contributed by atoms with E-state index in [1.807, 2.05) is 6.92 Å². The summed E-state index contributed by atoms with van der Waals surface area (Å²) in [7, 11) is 1.53. The fraction of sp³-hybridized carbons (Fsp3) is 0.200. The van der Waals surface area contributed by atoms with Gasteiger partial charge in [-0.25, -0.2) is 4.39 Å². The maximum absolute atomic E-state index is 13.2. The number of carbonyl (C=O) groups excluding carboxylic acids is 2. The molecule has 0 atom stereocenters. The van der Waals surface area contributed by atoms with Gasteiger partial charge in [0.15, 0.2) is 11.5 Å². The van der Waals surface area contributed by atoms with Gasteiger partial charge in [0, 0.05) is 5.02 Å². The Morgan fingerprint density at radius 3 is 2.64 bits per heavy atom. The van der Waals surface area contributed by atoms with E-state index in [-0.39, 0.29) is 16.5 Å². The van der Waals surface area contributed by atoms with Gasteiger partial charge in [0.25, 0.3) is 11.1 Å². The smallest absolute Gasteiger partial charge is 0.293 e. The van der Waals surface area contributed by atoms with Crippen molar-refractivity contribution in [2.24, 2.45) is 0 Å². The molecule has 2 aromatic rings. The zero-order valence-electron chi connectivity index (χ0n) is 15.2. The number of amides is 2. The molecular formula is C20H17ClFNO4S. The van der Waals surface area contributed by atoms with Gasteiger partial charge in [0.2, 0.25) is 0 Å². The standard InChI is InChI=1S/C20H17ClFNO4S/c1-3-27-16-7-4-12(8-17(16)26-2)9-18-19(24)23(20(25)28-18)11-13-5-6-14(22)10-15(13)21/h4-10H,3,11H2,1-2H3/b18-9+. The third-order valence-electron chi connectivity index (χ3n) is 4.00. The van der Waals surface area contributed by atoms with Gasteiger partial charge >= 0.3 is 0 Å². The number of ether oxygens (including phenoxy) is 2. The van der Waals surface area contributed by atoms with E-state index in [9.17, 15) is 14.0 Å². The number of carbonyl (C=O) groups is 2. The first-order valence-corrected chi connectivity index (χ1v) is 9.62. The second-order valence-electron chi connectivity index (χ2n) is 5.85. The van der Waals surface area contributed by atoms with Gasteiger partial charge in [-0.05, 0) is 60.2 Å². The van der Waals surface area contributed by atoms with Crippen molar-refractivity contribution >= 4 is 40.6 Å². The second kappa shape index (κ2) is 8.67. The Morgan fingerprint density at radius 2 is 1.96 bits per heavy atom. The van der Waals surface area contributed by atoms with Gasteiger partial charge in [-0.1, -0.05) is 23.7 Å².